The minimum atomic E-state index is -3.74. The number of thiazole rings is 1. The number of hydrogen-bond acceptors (Lipinski definition) is 8. The topological polar surface area (TPSA) is 108 Å². The van der Waals surface area contributed by atoms with Gasteiger partial charge in [0.2, 0.25) is 10.0 Å². The first-order chi connectivity index (χ1) is 17.6. The summed E-state index contributed by atoms with van der Waals surface area (Å²) in [5.41, 5.74) is 0.877. The van der Waals surface area contributed by atoms with Gasteiger partial charge in [0.1, 0.15) is 5.52 Å². The fourth-order valence-electron chi connectivity index (χ4n) is 4.11. The molecule has 196 valence electrons. The number of carbonyl (C=O) groups excluding carboxylic acids is 1. The van der Waals surface area contributed by atoms with E-state index in [-0.39, 0.29) is 28.8 Å². The molecular formula is C25H28N4O5S3. The van der Waals surface area contributed by atoms with Gasteiger partial charge in [0, 0.05) is 51.1 Å². The summed E-state index contributed by atoms with van der Waals surface area (Å²) in [7, 11) is -7.14. The van der Waals surface area contributed by atoms with Crippen LogP contribution < -0.4 is 4.90 Å². The highest BCUT2D eigenvalue weighted by Gasteiger charge is 2.26. The highest BCUT2D eigenvalue weighted by molar-refractivity contribution is 7.91. The van der Waals surface area contributed by atoms with Gasteiger partial charge in [0.25, 0.3) is 5.91 Å². The van der Waals surface area contributed by atoms with Crippen molar-refractivity contribution in [3.8, 4) is 0 Å². The van der Waals surface area contributed by atoms with Crippen molar-refractivity contribution >= 4 is 52.5 Å². The van der Waals surface area contributed by atoms with Gasteiger partial charge in [-0.2, -0.15) is 4.31 Å². The zero-order chi connectivity index (χ0) is 26.8. The van der Waals surface area contributed by atoms with Gasteiger partial charge < -0.3 is 9.80 Å². The third-order valence-electron chi connectivity index (χ3n) is 6.01. The molecule has 0 saturated carbocycles. The number of benzene rings is 2. The lowest BCUT2D eigenvalue weighted by atomic mass is 10.2. The average Bonchev–Trinajstić information content (AvgIpc) is 3.32. The number of fused-ring (bicyclic) bond motifs is 1. The Morgan fingerprint density at radius 1 is 1.00 bits per heavy atom. The minimum Gasteiger partial charge on any atom is -0.345 e. The molecular weight excluding hydrogens is 532 g/mol. The summed E-state index contributed by atoms with van der Waals surface area (Å²) >= 11 is 1.43. The smallest absolute Gasteiger partial charge is 0.253 e. The number of amides is 1. The van der Waals surface area contributed by atoms with Crippen molar-refractivity contribution < 1.29 is 21.6 Å². The number of sulfonamides is 1. The Morgan fingerprint density at radius 2 is 1.62 bits per heavy atom. The Kier molecular flexibility index (Phi) is 7.83. The van der Waals surface area contributed by atoms with Crippen LogP contribution in [-0.2, 0) is 19.9 Å². The van der Waals surface area contributed by atoms with Crippen LogP contribution in [0.4, 0.5) is 5.13 Å². The number of aromatic nitrogens is 1. The maximum Gasteiger partial charge on any atom is 0.253 e. The van der Waals surface area contributed by atoms with Crippen LogP contribution >= 0.6 is 11.3 Å². The summed E-state index contributed by atoms with van der Waals surface area (Å²) < 4.78 is 52.1. The highest BCUT2D eigenvalue weighted by atomic mass is 32.2. The Labute approximate surface area is 221 Å². The average molecular weight is 561 g/mol. The summed E-state index contributed by atoms with van der Waals surface area (Å²) in [6.45, 7) is 9.53. The molecule has 1 aromatic heterocycles. The number of piperazine rings is 1. The van der Waals surface area contributed by atoms with Crippen LogP contribution in [0.3, 0.4) is 0 Å². The first kappa shape index (κ1) is 27.0. The zero-order valence-corrected chi connectivity index (χ0v) is 22.9. The molecule has 0 unspecified atom stereocenters. The minimum absolute atomic E-state index is 0.0990. The van der Waals surface area contributed by atoms with Gasteiger partial charge >= 0.3 is 0 Å². The van der Waals surface area contributed by atoms with Gasteiger partial charge in [0.05, 0.1) is 14.5 Å². The molecule has 37 heavy (non-hydrogen) atoms. The maximum absolute atomic E-state index is 13.1. The van der Waals surface area contributed by atoms with E-state index in [1.165, 1.54) is 58.3 Å². The number of anilines is 1. The molecule has 4 rings (SSSR count). The number of para-hydroxylation sites is 1. The monoisotopic (exact) mass is 560 g/mol. The van der Waals surface area contributed by atoms with Crippen LogP contribution in [0.15, 0.2) is 77.6 Å². The van der Waals surface area contributed by atoms with Gasteiger partial charge in [-0.1, -0.05) is 29.6 Å². The predicted octanol–water partition coefficient (Wildman–Crippen LogP) is 3.02. The van der Waals surface area contributed by atoms with E-state index in [9.17, 15) is 21.6 Å². The molecule has 0 spiro atoms. The molecule has 9 nitrogen and oxygen atoms in total. The van der Waals surface area contributed by atoms with Gasteiger partial charge in [0.15, 0.2) is 15.0 Å². The lowest BCUT2D eigenvalue weighted by molar-refractivity contribution is 0.0746. The third kappa shape index (κ3) is 5.61. The summed E-state index contributed by atoms with van der Waals surface area (Å²) in [5.74, 6) is -0.179. The molecule has 12 heteroatoms. The van der Waals surface area contributed by atoms with Crippen LogP contribution in [0.5, 0.6) is 0 Å². The standard InChI is InChI=1S/C25H28N4O5S3/c1-4-13-29(14-5-2)37(33,34)20-11-9-19(10-12-20)24(30)27-15-17-28(18-16-27)25-26-23-21(35-25)7-6-8-22(23)36(3,31)32/h4-12H,1-2,13-18H2,3H3. The van der Waals surface area contributed by atoms with E-state index < -0.39 is 19.9 Å². The molecule has 0 atom stereocenters. The SMILES string of the molecule is C=CCN(CC=C)S(=O)(=O)c1ccc(C(=O)N2CCN(c3nc4c(S(C)(=O)=O)cccc4s3)CC2)cc1. The van der Waals surface area contributed by atoms with E-state index >= 15 is 0 Å². The van der Waals surface area contributed by atoms with Gasteiger partial charge in [-0.05, 0) is 36.4 Å². The van der Waals surface area contributed by atoms with E-state index in [4.69, 9.17) is 0 Å². The van der Waals surface area contributed by atoms with Crippen LogP contribution in [0, 0.1) is 0 Å². The molecule has 0 radical (unpaired) electrons. The quantitative estimate of drug-likeness (QED) is 0.370. The second-order valence-corrected chi connectivity index (χ2v) is 13.5. The molecule has 0 aliphatic carbocycles. The zero-order valence-electron chi connectivity index (χ0n) is 20.4. The lowest BCUT2D eigenvalue weighted by Gasteiger charge is -2.34. The lowest BCUT2D eigenvalue weighted by Crippen LogP contribution is -2.48. The number of carbonyl (C=O) groups is 1. The van der Waals surface area contributed by atoms with Crippen LogP contribution in [0.25, 0.3) is 10.2 Å². The molecule has 3 aromatic rings. The molecule has 1 amide bonds. The van der Waals surface area contributed by atoms with Gasteiger partial charge in [-0.15, -0.1) is 13.2 Å². The summed E-state index contributed by atoms with van der Waals surface area (Å²) in [6.07, 6.45) is 4.20. The summed E-state index contributed by atoms with van der Waals surface area (Å²) in [6, 6.07) is 11.1. The first-order valence-corrected chi connectivity index (χ1v) is 15.7. The number of rotatable bonds is 9. The fourth-order valence-corrected chi connectivity index (χ4v) is 7.43. The van der Waals surface area contributed by atoms with Gasteiger partial charge in [-0.3, -0.25) is 4.79 Å². The highest BCUT2D eigenvalue weighted by Crippen LogP contribution is 2.33. The normalized spacial score (nSPS) is 14.8. The van der Waals surface area contributed by atoms with Crippen LogP contribution in [-0.4, -0.2) is 82.5 Å². The van der Waals surface area contributed by atoms with Crippen molar-refractivity contribution in [3.05, 3.63) is 73.3 Å². The summed E-state index contributed by atoms with van der Waals surface area (Å²) in [5, 5.41) is 0.719. The van der Waals surface area contributed by atoms with E-state index in [1.807, 2.05) is 11.0 Å². The van der Waals surface area contributed by atoms with Crippen molar-refractivity contribution in [3.63, 3.8) is 0 Å². The molecule has 1 saturated heterocycles. The molecule has 1 aliphatic rings. The number of hydrogen-bond donors (Lipinski definition) is 0. The Hall–Kier alpha value is -3.06. The van der Waals surface area contributed by atoms with E-state index in [0.29, 0.717) is 37.3 Å². The Bertz CT molecular complexity index is 1530. The Morgan fingerprint density at radius 3 is 2.19 bits per heavy atom. The van der Waals surface area contributed by atoms with E-state index in [1.54, 1.807) is 17.0 Å². The van der Waals surface area contributed by atoms with Crippen molar-refractivity contribution in [2.24, 2.45) is 0 Å². The van der Waals surface area contributed by atoms with Crippen LogP contribution in [0.1, 0.15) is 10.4 Å². The first-order valence-electron chi connectivity index (χ1n) is 11.5. The number of nitrogens with zero attached hydrogens (tertiary/aromatic N) is 4. The van der Waals surface area contributed by atoms with E-state index in [2.05, 4.69) is 18.1 Å². The third-order valence-corrected chi connectivity index (χ3v) is 10.1. The predicted molar refractivity (Wildman–Crippen MR) is 146 cm³/mol. The van der Waals surface area contributed by atoms with Crippen molar-refractivity contribution in [1.29, 1.82) is 0 Å². The second kappa shape index (κ2) is 10.7. The summed E-state index contributed by atoms with van der Waals surface area (Å²) in [4.78, 5) is 21.7. The molecule has 2 aromatic carbocycles. The second-order valence-electron chi connectivity index (χ2n) is 8.57. The molecule has 1 aliphatic heterocycles. The number of sulfone groups is 1. The fraction of sp³-hybridized carbons (Fsp3) is 0.280. The van der Waals surface area contributed by atoms with Crippen molar-refractivity contribution in [2.45, 2.75) is 9.79 Å². The molecule has 1 fully saturated rings. The molecule has 2 heterocycles. The van der Waals surface area contributed by atoms with Crippen molar-refractivity contribution in [1.82, 2.24) is 14.2 Å². The van der Waals surface area contributed by atoms with E-state index in [0.717, 1.165) is 9.83 Å². The molecule has 0 bridgehead atoms. The van der Waals surface area contributed by atoms with Gasteiger partial charge in [-0.25, -0.2) is 21.8 Å². The van der Waals surface area contributed by atoms with Crippen LogP contribution in [0.2, 0.25) is 0 Å². The van der Waals surface area contributed by atoms with Crippen molar-refractivity contribution in [2.75, 3.05) is 50.4 Å². The largest absolute Gasteiger partial charge is 0.345 e. The maximum atomic E-state index is 13.1. The Balaban J connectivity index is 1.44. The molecule has 0 N–H and O–H groups in total.